The summed E-state index contributed by atoms with van der Waals surface area (Å²) in [6.45, 7) is 3.14. The molecule has 1 aliphatic rings. The van der Waals surface area contributed by atoms with Gasteiger partial charge in [0.15, 0.2) is 0 Å². The second-order valence-corrected chi connectivity index (χ2v) is 4.97. The lowest BCUT2D eigenvalue weighted by atomic mass is 10.0. The van der Waals surface area contributed by atoms with Gasteiger partial charge in [-0.3, -0.25) is 0 Å². The zero-order valence-electron chi connectivity index (χ0n) is 10.2. The van der Waals surface area contributed by atoms with Crippen LogP contribution in [0.3, 0.4) is 0 Å². The first kappa shape index (κ1) is 11.9. The number of nitrogens with zero attached hydrogens (tertiary/aromatic N) is 1. The van der Waals surface area contributed by atoms with E-state index in [0.29, 0.717) is 5.41 Å². The Labute approximate surface area is 102 Å². The van der Waals surface area contributed by atoms with Crippen molar-refractivity contribution in [1.82, 2.24) is 0 Å². The molecule has 1 fully saturated rings. The van der Waals surface area contributed by atoms with E-state index in [9.17, 15) is 0 Å². The summed E-state index contributed by atoms with van der Waals surface area (Å²) in [6, 6.07) is 7.97. The number of anilines is 1. The highest BCUT2D eigenvalue weighted by Gasteiger charge is 2.41. The van der Waals surface area contributed by atoms with Crippen molar-refractivity contribution in [3.63, 3.8) is 0 Å². The highest BCUT2D eigenvalue weighted by atomic mass is 16.3. The van der Waals surface area contributed by atoms with Crippen molar-refractivity contribution >= 4 is 5.69 Å². The fraction of sp³-hybridized carbons (Fsp3) is 0.500. The highest BCUT2D eigenvalue weighted by Crippen LogP contribution is 2.48. The van der Waals surface area contributed by atoms with Crippen molar-refractivity contribution < 1.29 is 5.11 Å². The standard InChI is InChI=1S/C14H18N2O/c1-11-8-13(3-2-12(11)9-15)16-10-14(4-5-14)6-7-17/h2-3,8,16-17H,4-7,10H2,1H3. The largest absolute Gasteiger partial charge is 0.396 e. The average Bonchev–Trinajstić information content (AvgIpc) is 3.08. The Morgan fingerprint density at radius 1 is 1.47 bits per heavy atom. The molecule has 1 saturated carbocycles. The molecule has 0 aliphatic heterocycles. The molecule has 1 aliphatic carbocycles. The quantitative estimate of drug-likeness (QED) is 0.816. The van der Waals surface area contributed by atoms with Crippen molar-refractivity contribution in [3.05, 3.63) is 29.3 Å². The molecular weight excluding hydrogens is 212 g/mol. The monoisotopic (exact) mass is 230 g/mol. The van der Waals surface area contributed by atoms with E-state index >= 15 is 0 Å². The lowest BCUT2D eigenvalue weighted by Gasteiger charge is -2.16. The molecule has 0 saturated heterocycles. The smallest absolute Gasteiger partial charge is 0.0994 e. The molecule has 0 bridgehead atoms. The molecule has 0 heterocycles. The van der Waals surface area contributed by atoms with Gasteiger partial charge in [-0.2, -0.15) is 5.26 Å². The van der Waals surface area contributed by atoms with Crippen LogP contribution in [-0.2, 0) is 0 Å². The molecule has 2 rings (SSSR count). The molecular formula is C14H18N2O. The van der Waals surface area contributed by atoms with Crippen LogP contribution in [0.1, 0.15) is 30.4 Å². The Hall–Kier alpha value is -1.53. The molecule has 1 aromatic carbocycles. The van der Waals surface area contributed by atoms with Gasteiger partial charge in [0.2, 0.25) is 0 Å². The van der Waals surface area contributed by atoms with Crippen LogP contribution in [0.25, 0.3) is 0 Å². The van der Waals surface area contributed by atoms with Gasteiger partial charge in [0.25, 0.3) is 0 Å². The molecule has 0 atom stereocenters. The van der Waals surface area contributed by atoms with Crippen molar-refractivity contribution in [2.75, 3.05) is 18.5 Å². The number of nitriles is 1. The van der Waals surface area contributed by atoms with Crippen LogP contribution in [0, 0.1) is 23.7 Å². The third kappa shape index (κ3) is 2.78. The Kier molecular flexibility index (Phi) is 3.35. The zero-order valence-corrected chi connectivity index (χ0v) is 10.2. The third-order valence-electron chi connectivity index (χ3n) is 3.61. The molecule has 0 spiro atoms. The van der Waals surface area contributed by atoms with E-state index in [1.54, 1.807) is 0 Å². The number of hydrogen-bond acceptors (Lipinski definition) is 3. The fourth-order valence-corrected chi connectivity index (χ4v) is 2.12. The summed E-state index contributed by atoms with van der Waals surface area (Å²) < 4.78 is 0. The third-order valence-corrected chi connectivity index (χ3v) is 3.61. The molecule has 17 heavy (non-hydrogen) atoms. The van der Waals surface area contributed by atoms with Crippen molar-refractivity contribution in [2.45, 2.75) is 26.2 Å². The molecule has 90 valence electrons. The van der Waals surface area contributed by atoms with Crippen molar-refractivity contribution in [1.29, 1.82) is 5.26 Å². The van der Waals surface area contributed by atoms with E-state index < -0.39 is 0 Å². The minimum atomic E-state index is 0.272. The molecule has 3 heteroatoms. The Morgan fingerprint density at radius 2 is 2.24 bits per heavy atom. The summed E-state index contributed by atoms with van der Waals surface area (Å²) in [5.74, 6) is 0. The van der Waals surface area contributed by atoms with Crippen LogP contribution in [0.4, 0.5) is 5.69 Å². The summed E-state index contributed by atoms with van der Waals surface area (Å²) in [4.78, 5) is 0. The lowest BCUT2D eigenvalue weighted by Crippen LogP contribution is -2.16. The number of hydrogen-bond donors (Lipinski definition) is 2. The molecule has 3 nitrogen and oxygen atoms in total. The number of aryl methyl sites for hydroxylation is 1. The van der Waals surface area contributed by atoms with E-state index in [1.807, 2.05) is 25.1 Å². The Morgan fingerprint density at radius 3 is 2.76 bits per heavy atom. The van der Waals surface area contributed by atoms with E-state index in [0.717, 1.165) is 29.8 Å². The molecule has 2 N–H and O–H groups in total. The Bertz CT molecular complexity index is 444. The SMILES string of the molecule is Cc1cc(NCC2(CCO)CC2)ccc1C#N. The Balaban J connectivity index is 1.96. The first-order chi connectivity index (χ1) is 8.19. The van der Waals surface area contributed by atoms with Gasteiger partial charge in [0.1, 0.15) is 0 Å². The number of benzene rings is 1. The van der Waals surface area contributed by atoms with Gasteiger partial charge in [-0.25, -0.2) is 0 Å². The minimum Gasteiger partial charge on any atom is -0.396 e. The minimum absolute atomic E-state index is 0.272. The molecule has 0 aromatic heterocycles. The van der Waals surface area contributed by atoms with Crippen LogP contribution < -0.4 is 5.32 Å². The van der Waals surface area contributed by atoms with E-state index in [4.69, 9.17) is 10.4 Å². The predicted molar refractivity (Wildman–Crippen MR) is 67.8 cm³/mol. The number of aliphatic hydroxyl groups is 1. The molecule has 0 unspecified atom stereocenters. The van der Waals surface area contributed by atoms with E-state index in [2.05, 4.69) is 11.4 Å². The van der Waals surface area contributed by atoms with Crippen LogP contribution >= 0.6 is 0 Å². The van der Waals surface area contributed by atoms with Crippen molar-refractivity contribution in [2.24, 2.45) is 5.41 Å². The fourth-order valence-electron chi connectivity index (χ4n) is 2.12. The van der Waals surface area contributed by atoms with Gasteiger partial charge < -0.3 is 10.4 Å². The lowest BCUT2D eigenvalue weighted by molar-refractivity contribution is 0.253. The van der Waals surface area contributed by atoms with Gasteiger partial charge in [-0.15, -0.1) is 0 Å². The number of nitrogens with one attached hydrogen (secondary N) is 1. The zero-order chi connectivity index (χ0) is 12.3. The van der Waals surface area contributed by atoms with E-state index in [-0.39, 0.29) is 6.61 Å². The maximum absolute atomic E-state index is 8.99. The average molecular weight is 230 g/mol. The summed E-state index contributed by atoms with van der Waals surface area (Å²) in [5, 5.41) is 21.2. The number of aliphatic hydroxyl groups excluding tert-OH is 1. The van der Waals surface area contributed by atoms with Gasteiger partial charge in [-0.05, 0) is 55.4 Å². The molecule has 1 aromatic rings. The summed E-state index contributed by atoms with van der Waals surface area (Å²) in [7, 11) is 0. The maximum Gasteiger partial charge on any atom is 0.0994 e. The van der Waals surface area contributed by atoms with Gasteiger partial charge in [-0.1, -0.05) is 0 Å². The molecule has 0 amide bonds. The van der Waals surface area contributed by atoms with E-state index in [1.165, 1.54) is 12.8 Å². The predicted octanol–water partition coefficient (Wildman–Crippen LogP) is 2.44. The second-order valence-electron chi connectivity index (χ2n) is 4.97. The molecule has 0 radical (unpaired) electrons. The van der Waals surface area contributed by atoms with Crippen LogP contribution in [0.2, 0.25) is 0 Å². The summed E-state index contributed by atoms with van der Waals surface area (Å²) in [6.07, 6.45) is 3.29. The van der Waals surface area contributed by atoms with Crippen molar-refractivity contribution in [3.8, 4) is 6.07 Å². The van der Waals surface area contributed by atoms with Gasteiger partial charge >= 0.3 is 0 Å². The first-order valence-electron chi connectivity index (χ1n) is 6.05. The summed E-state index contributed by atoms with van der Waals surface area (Å²) in [5.41, 5.74) is 3.11. The van der Waals surface area contributed by atoms with Crippen LogP contribution in [0.5, 0.6) is 0 Å². The van der Waals surface area contributed by atoms with Gasteiger partial charge in [0.05, 0.1) is 11.6 Å². The number of rotatable bonds is 5. The second kappa shape index (κ2) is 4.77. The highest BCUT2D eigenvalue weighted by molar-refractivity contribution is 5.51. The normalized spacial score (nSPS) is 16.3. The van der Waals surface area contributed by atoms with Gasteiger partial charge in [0, 0.05) is 18.8 Å². The summed E-state index contributed by atoms with van der Waals surface area (Å²) >= 11 is 0. The van der Waals surface area contributed by atoms with Crippen LogP contribution in [-0.4, -0.2) is 18.3 Å². The van der Waals surface area contributed by atoms with Crippen LogP contribution in [0.15, 0.2) is 18.2 Å². The first-order valence-corrected chi connectivity index (χ1v) is 6.05. The maximum atomic E-state index is 8.99. The topological polar surface area (TPSA) is 56.0 Å².